The first-order valence-electron chi connectivity index (χ1n) is 4.93. The Morgan fingerprint density at radius 3 is 3.00 bits per heavy atom. The summed E-state index contributed by atoms with van der Waals surface area (Å²) in [5.74, 6) is 0. The molecular weight excluding hydrogens is 180 g/mol. The second-order valence-corrected chi connectivity index (χ2v) is 3.23. The average molecular weight is 198 g/mol. The predicted octanol–water partition coefficient (Wildman–Crippen LogP) is 0.632. The standard InChI is InChI=1S/C9H18N4O/c1-3-14-6-4-5-8(10)9-7-11-12-13(9)2/h7-8H,3-6,10H2,1-2H3. The normalized spacial score (nSPS) is 13.1. The van der Waals surface area contributed by atoms with E-state index in [1.54, 1.807) is 10.9 Å². The maximum Gasteiger partial charge on any atom is 0.0751 e. The van der Waals surface area contributed by atoms with Gasteiger partial charge in [-0.05, 0) is 19.8 Å². The quantitative estimate of drug-likeness (QED) is 0.681. The van der Waals surface area contributed by atoms with Gasteiger partial charge in [-0.1, -0.05) is 5.21 Å². The van der Waals surface area contributed by atoms with Gasteiger partial charge in [-0.3, -0.25) is 4.68 Å². The van der Waals surface area contributed by atoms with Gasteiger partial charge < -0.3 is 10.5 Å². The molecule has 1 rings (SSSR count). The molecule has 0 spiro atoms. The lowest BCUT2D eigenvalue weighted by atomic mass is 10.1. The largest absolute Gasteiger partial charge is 0.382 e. The predicted molar refractivity (Wildman–Crippen MR) is 53.7 cm³/mol. The monoisotopic (exact) mass is 198 g/mol. The summed E-state index contributed by atoms with van der Waals surface area (Å²) >= 11 is 0. The van der Waals surface area contributed by atoms with Crippen LogP contribution < -0.4 is 5.73 Å². The van der Waals surface area contributed by atoms with Crippen LogP contribution in [0.3, 0.4) is 0 Å². The van der Waals surface area contributed by atoms with Crippen molar-refractivity contribution in [1.29, 1.82) is 0 Å². The van der Waals surface area contributed by atoms with E-state index in [4.69, 9.17) is 10.5 Å². The van der Waals surface area contributed by atoms with Crippen LogP contribution in [0.1, 0.15) is 31.5 Å². The highest BCUT2D eigenvalue weighted by Crippen LogP contribution is 2.12. The van der Waals surface area contributed by atoms with E-state index in [0.29, 0.717) is 0 Å². The van der Waals surface area contributed by atoms with Gasteiger partial charge in [0.1, 0.15) is 0 Å². The summed E-state index contributed by atoms with van der Waals surface area (Å²) < 4.78 is 6.95. The van der Waals surface area contributed by atoms with Gasteiger partial charge in [0.15, 0.2) is 0 Å². The van der Waals surface area contributed by atoms with Gasteiger partial charge >= 0.3 is 0 Å². The average Bonchev–Trinajstić information content (AvgIpc) is 2.59. The van der Waals surface area contributed by atoms with Crippen molar-refractivity contribution >= 4 is 0 Å². The number of aromatic nitrogens is 3. The highest BCUT2D eigenvalue weighted by molar-refractivity contribution is 5.00. The van der Waals surface area contributed by atoms with E-state index in [-0.39, 0.29) is 6.04 Å². The van der Waals surface area contributed by atoms with E-state index in [2.05, 4.69) is 10.3 Å². The van der Waals surface area contributed by atoms with Crippen LogP contribution in [-0.2, 0) is 11.8 Å². The van der Waals surface area contributed by atoms with Crippen LogP contribution in [0.4, 0.5) is 0 Å². The molecule has 0 aliphatic carbocycles. The molecule has 0 saturated carbocycles. The van der Waals surface area contributed by atoms with E-state index in [0.717, 1.165) is 31.7 Å². The van der Waals surface area contributed by atoms with Crippen molar-refractivity contribution in [2.24, 2.45) is 12.8 Å². The first-order valence-corrected chi connectivity index (χ1v) is 4.93. The molecule has 1 aromatic heterocycles. The highest BCUT2D eigenvalue weighted by atomic mass is 16.5. The minimum atomic E-state index is 0.00968. The molecule has 5 nitrogen and oxygen atoms in total. The molecule has 0 radical (unpaired) electrons. The van der Waals surface area contributed by atoms with Crippen LogP contribution >= 0.6 is 0 Å². The van der Waals surface area contributed by atoms with Crippen molar-refractivity contribution in [3.8, 4) is 0 Å². The fraction of sp³-hybridized carbons (Fsp3) is 0.778. The molecule has 0 aliphatic rings. The molecule has 1 atom stereocenters. The summed E-state index contributed by atoms with van der Waals surface area (Å²) in [4.78, 5) is 0. The Labute approximate surface area is 84.2 Å². The second-order valence-electron chi connectivity index (χ2n) is 3.23. The smallest absolute Gasteiger partial charge is 0.0751 e. The fourth-order valence-corrected chi connectivity index (χ4v) is 1.33. The van der Waals surface area contributed by atoms with Crippen molar-refractivity contribution in [2.75, 3.05) is 13.2 Å². The van der Waals surface area contributed by atoms with Crippen LogP contribution in [0, 0.1) is 0 Å². The van der Waals surface area contributed by atoms with Crippen molar-refractivity contribution < 1.29 is 4.74 Å². The molecule has 0 aromatic carbocycles. The van der Waals surface area contributed by atoms with E-state index in [9.17, 15) is 0 Å². The Morgan fingerprint density at radius 1 is 1.64 bits per heavy atom. The minimum absolute atomic E-state index is 0.00968. The van der Waals surface area contributed by atoms with Gasteiger partial charge in [0, 0.05) is 26.3 Å². The van der Waals surface area contributed by atoms with E-state index >= 15 is 0 Å². The van der Waals surface area contributed by atoms with Gasteiger partial charge in [0.25, 0.3) is 0 Å². The maximum absolute atomic E-state index is 5.97. The highest BCUT2D eigenvalue weighted by Gasteiger charge is 2.09. The minimum Gasteiger partial charge on any atom is -0.382 e. The van der Waals surface area contributed by atoms with E-state index in [1.807, 2.05) is 14.0 Å². The molecule has 0 saturated heterocycles. The molecular formula is C9H18N4O. The van der Waals surface area contributed by atoms with Crippen molar-refractivity contribution in [2.45, 2.75) is 25.8 Å². The molecule has 14 heavy (non-hydrogen) atoms. The number of hydrogen-bond donors (Lipinski definition) is 1. The second kappa shape index (κ2) is 5.72. The first-order chi connectivity index (χ1) is 6.75. The third kappa shape index (κ3) is 3.08. The van der Waals surface area contributed by atoms with Crippen LogP contribution in [-0.4, -0.2) is 28.2 Å². The zero-order chi connectivity index (χ0) is 10.4. The Bertz CT molecular complexity index is 261. The van der Waals surface area contributed by atoms with Crippen LogP contribution in [0.25, 0.3) is 0 Å². The topological polar surface area (TPSA) is 66.0 Å². The lowest BCUT2D eigenvalue weighted by Gasteiger charge is -2.10. The Balaban J connectivity index is 2.28. The Morgan fingerprint density at radius 2 is 2.43 bits per heavy atom. The number of rotatable bonds is 6. The number of nitrogens with two attached hydrogens (primary N) is 1. The third-order valence-corrected chi connectivity index (χ3v) is 2.14. The van der Waals surface area contributed by atoms with Crippen LogP contribution in [0.15, 0.2) is 6.20 Å². The summed E-state index contributed by atoms with van der Waals surface area (Å²) in [5.41, 5.74) is 6.94. The summed E-state index contributed by atoms with van der Waals surface area (Å²) in [6.07, 6.45) is 3.59. The fourth-order valence-electron chi connectivity index (χ4n) is 1.33. The van der Waals surface area contributed by atoms with Gasteiger partial charge in [0.05, 0.1) is 11.9 Å². The van der Waals surface area contributed by atoms with Gasteiger partial charge in [-0.2, -0.15) is 0 Å². The maximum atomic E-state index is 5.97. The van der Waals surface area contributed by atoms with Crippen molar-refractivity contribution in [3.05, 3.63) is 11.9 Å². The molecule has 2 N–H and O–H groups in total. The van der Waals surface area contributed by atoms with Gasteiger partial charge in [0.2, 0.25) is 0 Å². The third-order valence-electron chi connectivity index (χ3n) is 2.14. The molecule has 1 aromatic rings. The zero-order valence-electron chi connectivity index (χ0n) is 8.81. The van der Waals surface area contributed by atoms with Gasteiger partial charge in [-0.15, -0.1) is 5.10 Å². The number of hydrogen-bond acceptors (Lipinski definition) is 4. The van der Waals surface area contributed by atoms with E-state index in [1.165, 1.54) is 0 Å². The molecule has 0 amide bonds. The molecule has 80 valence electrons. The molecule has 0 aliphatic heterocycles. The Kier molecular flexibility index (Phi) is 4.55. The number of ether oxygens (including phenoxy) is 1. The first kappa shape index (κ1) is 11.1. The Hall–Kier alpha value is -0.940. The number of aryl methyl sites for hydroxylation is 1. The summed E-state index contributed by atoms with van der Waals surface area (Å²) in [7, 11) is 1.85. The molecule has 0 fully saturated rings. The molecule has 1 unspecified atom stereocenters. The summed E-state index contributed by atoms with van der Waals surface area (Å²) in [6, 6.07) is 0.00968. The van der Waals surface area contributed by atoms with Gasteiger partial charge in [-0.25, -0.2) is 0 Å². The lowest BCUT2D eigenvalue weighted by Crippen LogP contribution is -2.15. The van der Waals surface area contributed by atoms with Crippen molar-refractivity contribution in [3.63, 3.8) is 0 Å². The zero-order valence-corrected chi connectivity index (χ0v) is 8.81. The molecule has 1 heterocycles. The van der Waals surface area contributed by atoms with Crippen molar-refractivity contribution in [1.82, 2.24) is 15.0 Å². The van der Waals surface area contributed by atoms with Crippen LogP contribution in [0.5, 0.6) is 0 Å². The SMILES string of the molecule is CCOCCCC(N)c1cnnn1C. The van der Waals surface area contributed by atoms with E-state index < -0.39 is 0 Å². The lowest BCUT2D eigenvalue weighted by molar-refractivity contribution is 0.141. The summed E-state index contributed by atoms with van der Waals surface area (Å²) in [6.45, 7) is 3.53. The van der Waals surface area contributed by atoms with Crippen LogP contribution in [0.2, 0.25) is 0 Å². The molecule has 5 heteroatoms. The number of nitrogens with zero attached hydrogens (tertiary/aromatic N) is 3. The summed E-state index contributed by atoms with van der Waals surface area (Å²) in [5, 5.41) is 7.63. The molecule has 0 bridgehead atoms.